The van der Waals surface area contributed by atoms with Crippen LogP contribution in [0.3, 0.4) is 0 Å². The van der Waals surface area contributed by atoms with Crippen molar-refractivity contribution in [1.29, 1.82) is 0 Å². The summed E-state index contributed by atoms with van der Waals surface area (Å²) in [5.74, 6) is 0.917. The molecule has 4 rings (SSSR count). The number of hydrogen-bond acceptors (Lipinski definition) is 1. The van der Waals surface area contributed by atoms with Crippen LogP contribution in [-0.2, 0) is 6.42 Å². The van der Waals surface area contributed by atoms with Crippen LogP contribution < -0.4 is 4.74 Å². The minimum absolute atomic E-state index is 0.917. The highest BCUT2D eigenvalue weighted by atomic mass is 16.5. The molecule has 1 heteroatoms. The zero-order chi connectivity index (χ0) is 16.5. The van der Waals surface area contributed by atoms with Crippen molar-refractivity contribution in [1.82, 2.24) is 0 Å². The molecule has 0 aliphatic heterocycles. The predicted octanol–water partition coefficient (Wildman–Crippen LogP) is 5.84. The van der Waals surface area contributed by atoms with E-state index in [9.17, 15) is 0 Å². The minimum Gasteiger partial charge on any atom is -0.497 e. The summed E-state index contributed by atoms with van der Waals surface area (Å²) < 4.78 is 5.39. The molecule has 0 heterocycles. The lowest BCUT2D eigenvalue weighted by molar-refractivity contribution is 0.414. The van der Waals surface area contributed by atoms with Crippen molar-refractivity contribution in [3.8, 4) is 16.9 Å². The molecule has 0 radical (unpaired) electrons. The van der Waals surface area contributed by atoms with Gasteiger partial charge < -0.3 is 4.74 Å². The Morgan fingerprint density at radius 3 is 2.62 bits per heavy atom. The van der Waals surface area contributed by atoms with Gasteiger partial charge in [0.1, 0.15) is 5.75 Å². The Labute approximate surface area is 143 Å². The quantitative estimate of drug-likeness (QED) is 0.590. The third-order valence-electron chi connectivity index (χ3n) is 4.78. The maximum Gasteiger partial charge on any atom is 0.119 e. The Kier molecular flexibility index (Phi) is 3.70. The van der Waals surface area contributed by atoms with Crippen molar-refractivity contribution in [2.24, 2.45) is 0 Å². The van der Waals surface area contributed by atoms with Gasteiger partial charge in [0.15, 0.2) is 0 Å². The Morgan fingerprint density at radius 1 is 0.875 bits per heavy atom. The SMILES string of the molecule is COc1ccc2c(c1)C(/C=C/c1ccc3cccccc1-3)=C(C)C2. The fourth-order valence-corrected chi connectivity index (χ4v) is 3.49. The molecular formula is C23H20O. The second-order valence-electron chi connectivity index (χ2n) is 6.30. The highest BCUT2D eigenvalue weighted by Gasteiger charge is 2.17. The van der Waals surface area contributed by atoms with Gasteiger partial charge in [0.05, 0.1) is 7.11 Å². The highest BCUT2D eigenvalue weighted by molar-refractivity contribution is 5.88. The summed E-state index contributed by atoms with van der Waals surface area (Å²) in [6.07, 6.45) is 5.51. The molecule has 0 aromatic heterocycles. The normalized spacial score (nSPS) is 13.8. The van der Waals surface area contributed by atoms with Crippen LogP contribution in [0.4, 0.5) is 0 Å². The predicted molar refractivity (Wildman–Crippen MR) is 101 cm³/mol. The van der Waals surface area contributed by atoms with Gasteiger partial charge in [-0.15, -0.1) is 0 Å². The van der Waals surface area contributed by atoms with E-state index in [1.807, 2.05) is 6.07 Å². The van der Waals surface area contributed by atoms with Crippen molar-refractivity contribution in [2.45, 2.75) is 13.3 Å². The summed E-state index contributed by atoms with van der Waals surface area (Å²) in [5, 5.41) is 0. The number of hydrogen-bond donors (Lipinski definition) is 0. The van der Waals surface area contributed by atoms with E-state index in [1.54, 1.807) is 7.11 Å². The number of methoxy groups -OCH3 is 1. The van der Waals surface area contributed by atoms with Gasteiger partial charge in [0.2, 0.25) is 0 Å². The average Bonchev–Trinajstić information content (AvgIpc) is 3.02. The van der Waals surface area contributed by atoms with E-state index in [-0.39, 0.29) is 0 Å². The summed E-state index contributed by atoms with van der Waals surface area (Å²) in [6.45, 7) is 2.22. The van der Waals surface area contributed by atoms with Crippen LogP contribution in [0.15, 0.2) is 72.3 Å². The second kappa shape index (κ2) is 6.01. The zero-order valence-electron chi connectivity index (χ0n) is 14.0. The molecule has 1 aromatic rings. The first-order valence-corrected chi connectivity index (χ1v) is 8.29. The number of ether oxygens (including phenoxy) is 1. The molecule has 1 nitrogen and oxygen atoms in total. The molecule has 3 aliphatic carbocycles. The Bertz CT molecular complexity index is 930. The number of rotatable bonds is 3. The second-order valence-corrected chi connectivity index (χ2v) is 6.30. The van der Waals surface area contributed by atoms with Gasteiger partial charge in [-0.2, -0.15) is 0 Å². The molecule has 0 N–H and O–H groups in total. The van der Waals surface area contributed by atoms with Gasteiger partial charge in [0, 0.05) is 0 Å². The maximum atomic E-state index is 5.39. The van der Waals surface area contributed by atoms with E-state index < -0.39 is 0 Å². The lowest BCUT2D eigenvalue weighted by atomic mass is 10.0. The summed E-state index contributed by atoms with van der Waals surface area (Å²) in [5.41, 5.74) is 9.24. The van der Waals surface area contributed by atoms with Crippen molar-refractivity contribution >= 4 is 11.6 Å². The van der Waals surface area contributed by atoms with Gasteiger partial charge in [0.25, 0.3) is 0 Å². The molecular weight excluding hydrogens is 292 g/mol. The number of benzene rings is 1. The van der Waals surface area contributed by atoms with Crippen molar-refractivity contribution in [3.05, 3.63) is 89.0 Å². The van der Waals surface area contributed by atoms with E-state index >= 15 is 0 Å². The smallest absolute Gasteiger partial charge is 0.119 e. The van der Waals surface area contributed by atoms with Crippen molar-refractivity contribution in [3.63, 3.8) is 0 Å². The lowest BCUT2D eigenvalue weighted by Gasteiger charge is -2.05. The first-order chi connectivity index (χ1) is 11.8. The minimum atomic E-state index is 0.917. The van der Waals surface area contributed by atoms with Crippen LogP contribution >= 0.6 is 0 Å². The molecule has 0 amide bonds. The largest absolute Gasteiger partial charge is 0.497 e. The fourth-order valence-electron chi connectivity index (χ4n) is 3.49. The summed E-state index contributed by atoms with van der Waals surface area (Å²) in [4.78, 5) is 0. The van der Waals surface area contributed by atoms with Gasteiger partial charge in [-0.3, -0.25) is 0 Å². The third kappa shape index (κ3) is 2.52. The number of fused-ring (bicyclic) bond motifs is 2. The van der Waals surface area contributed by atoms with Crippen LogP contribution in [0.2, 0.25) is 0 Å². The summed E-state index contributed by atoms with van der Waals surface area (Å²) in [7, 11) is 1.72. The highest BCUT2D eigenvalue weighted by Crippen LogP contribution is 2.37. The fraction of sp³-hybridized carbons (Fsp3) is 0.130. The Balaban J connectivity index is 1.71. The zero-order valence-corrected chi connectivity index (χ0v) is 14.0. The van der Waals surface area contributed by atoms with Gasteiger partial charge >= 0.3 is 0 Å². The van der Waals surface area contributed by atoms with E-state index in [1.165, 1.54) is 39.0 Å². The van der Waals surface area contributed by atoms with Crippen molar-refractivity contribution in [2.75, 3.05) is 7.11 Å². The van der Waals surface area contributed by atoms with E-state index in [4.69, 9.17) is 4.74 Å². The molecule has 0 bridgehead atoms. The Morgan fingerprint density at radius 2 is 1.75 bits per heavy atom. The molecule has 0 atom stereocenters. The van der Waals surface area contributed by atoms with Crippen LogP contribution in [0.1, 0.15) is 23.6 Å². The van der Waals surface area contributed by atoms with E-state index in [0.717, 1.165) is 12.2 Å². The van der Waals surface area contributed by atoms with Gasteiger partial charge in [-0.05, 0) is 58.9 Å². The molecule has 1 aromatic carbocycles. The van der Waals surface area contributed by atoms with E-state index in [2.05, 4.69) is 73.7 Å². The molecule has 0 saturated heterocycles. The van der Waals surface area contributed by atoms with Gasteiger partial charge in [-0.25, -0.2) is 0 Å². The standard InChI is InChI=1S/C23H20O/c1-16-14-19-10-12-20(24-2)15-23(19)21(16)13-11-18-9-8-17-6-4-3-5-7-22(17)18/h3-13,15H,14H2,1-2H3/b13-11+. The Hall–Kier alpha value is -2.80. The lowest BCUT2D eigenvalue weighted by Crippen LogP contribution is -1.87. The first-order valence-electron chi connectivity index (χ1n) is 8.29. The molecule has 0 spiro atoms. The molecule has 3 aliphatic rings. The van der Waals surface area contributed by atoms with Crippen molar-refractivity contribution < 1.29 is 4.74 Å². The molecule has 0 saturated carbocycles. The monoisotopic (exact) mass is 312 g/mol. The van der Waals surface area contributed by atoms with Crippen LogP contribution in [0.5, 0.6) is 5.75 Å². The molecule has 0 fully saturated rings. The third-order valence-corrected chi connectivity index (χ3v) is 4.78. The molecule has 0 unspecified atom stereocenters. The molecule has 118 valence electrons. The number of allylic oxidation sites excluding steroid dienone is 3. The van der Waals surface area contributed by atoms with Crippen LogP contribution in [-0.4, -0.2) is 7.11 Å². The first kappa shape index (κ1) is 14.8. The average molecular weight is 312 g/mol. The van der Waals surface area contributed by atoms with E-state index in [0.29, 0.717) is 0 Å². The summed E-state index contributed by atoms with van der Waals surface area (Å²) >= 11 is 0. The maximum absolute atomic E-state index is 5.39. The summed E-state index contributed by atoms with van der Waals surface area (Å²) in [6, 6.07) is 21.3. The molecule has 24 heavy (non-hydrogen) atoms. The van der Waals surface area contributed by atoms with Crippen LogP contribution in [0, 0.1) is 0 Å². The van der Waals surface area contributed by atoms with Gasteiger partial charge in [-0.1, -0.05) is 66.3 Å². The topological polar surface area (TPSA) is 9.23 Å². The van der Waals surface area contributed by atoms with Crippen LogP contribution in [0.25, 0.3) is 22.8 Å².